The van der Waals surface area contributed by atoms with Gasteiger partial charge in [0.15, 0.2) is 22.6 Å². The molecule has 0 aliphatic rings. The molecule has 1 heterocycles. The Morgan fingerprint density at radius 2 is 1.39 bits per heavy atom. The maximum atomic E-state index is 13.0. The molecule has 0 saturated carbocycles. The summed E-state index contributed by atoms with van der Waals surface area (Å²) in [4.78, 5) is 20.1. The van der Waals surface area contributed by atoms with Crippen molar-refractivity contribution >= 4 is 55.8 Å². The first-order valence-electron chi connectivity index (χ1n) is 10.0. The fraction of sp³-hybridized carbons (Fsp3) is 0. The van der Waals surface area contributed by atoms with Gasteiger partial charge in [-0.05, 0) is 35.7 Å². The number of anilines is 3. The Kier molecular flexibility index (Phi) is 5.37. The molecule has 9 heteroatoms. The summed E-state index contributed by atoms with van der Waals surface area (Å²) >= 11 is 0. The smallest absolute Gasteiger partial charge is 0.269 e. The molecule has 1 atom stereocenters. The third kappa shape index (κ3) is 4.21. The van der Waals surface area contributed by atoms with Crippen LogP contribution in [0.1, 0.15) is 0 Å². The van der Waals surface area contributed by atoms with Crippen LogP contribution in [0.2, 0.25) is 0 Å². The zero-order valence-electron chi connectivity index (χ0n) is 17.1. The van der Waals surface area contributed by atoms with Gasteiger partial charge in [-0.2, -0.15) is 0 Å². The van der Waals surface area contributed by atoms with Crippen molar-refractivity contribution in [2.45, 2.75) is 4.90 Å². The molecule has 2 N–H and O–H groups in total. The first-order valence-corrected chi connectivity index (χ1v) is 11.2. The van der Waals surface area contributed by atoms with Crippen LogP contribution in [0.25, 0.3) is 21.8 Å². The lowest BCUT2D eigenvalue weighted by atomic mass is 10.1. The average molecular weight is 455 g/mol. The van der Waals surface area contributed by atoms with Gasteiger partial charge in [0.2, 0.25) is 0 Å². The Balaban J connectivity index is 1.54. The average Bonchev–Trinajstić information content (AvgIpc) is 2.84. The predicted octanol–water partition coefficient (Wildman–Crippen LogP) is 5.57. The Labute approximate surface area is 191 Å². The van der Waals surface area contributed by atoms with Gasteiger partial charge in [0.05, 0.1) is 20.9 Å². The third-order valence-electron chi connectivity index (χ3n) is 5.06. The maximum Gasteiger partial charge on any atom is 0.269 e. The van der Waals surface area contributed by atoms with Gasteiger partial charge in [-0.3, -0.25) is 14.8 Å². The summed E-state index contributed by atoms with van der Waals surface area (Å²) in [5.74, 6) is 0.721. The number of fused-ring (bicyclic) bond motifs is 2. The zero-order chi connectivity index (χ0) is 22.8. The minimum atomic E-state index is -1.71. The highest BCUT2D eigenvalue weighted by molar-refractivity contribution is 7.86. The van der Waals surface area contributed by atoms with Crippen molar-refractivity contribution in [1.29, 1.82) is 0 Å². The van der Waals surface area contributed by atoms with Gasteiger partial charge in [0.1, 0.15) is 0 Å². The minimum Gasteiger partial charge on any atom is -0.337 e. The number of nitro benzene ring substituents is 1. The highest BCUT2D eigenvalue weighted by atomic mass is 32.2. The van der Waals surface area contributed by atoms with E-state index >= 15 is 0 Å². The van der Waals surface area contributed by atoms with Crippen LogP contribution < -0.4 is 10.0 Å². The number of hydrogen-bond acceptors (Lipinski definition) is 6. The van der Waals surface area contributed by atoms with Gasteiger partial charge in [0.25, 0.3) is 5.69 Å². The van der Waals surface area contributed by atoms with E-state index in [1.165, 1.54) is 24.3 Å². The SMILES string of the molecule is O=[N+]([O-])c1ccc(S(=O)Nc2nc3ccccc3nc2Nc2cccc3ccccc23)cc1. The molecule has 0 bridgehead atoms. The van der Waals surface area contributed by atoms with E-state index in [9.17, 15) is 14.3 Å². The summed E-state index contributed by atoms with van der Waals surface area (Å²) < 4.78 is 15.9. The van der Waals surface area contributed by atoms with Crippen LogP contribution >= 0.6 is 0 Å². The van der Waals surface area contributed by atoms with E-state index in [-0.39, 0.29) is 5.69 Å². The van der Waals surface area contributed by atoms with Gasteiger partial charge >= 0.3 is 0 Å². The molecule has 4 aromatic carbocycles. The molecule has 162 valence electrons. The second-order valence-corrected chi connectivity index (χ2v) is 8.40. The van der Waals surface area contributed by atoms with Crippen LogP contribution in [0.5, 0.6) is 0 Å². The van der Waals surface area contributed by atoms with Crippen LogP contribution in [0, 0.1) is 10.1 Å². The number of para-hydroxylation sites is 2. The fourth-order valence-electron chi connectivity index (χ4n) is 3.46. The molecular formula is C24H17N5O3S. The molecule has 0 aliphatic carbocycles. The van der Waals surface area contributed by atoms with Crippen molar-refractivity contribution in [2.75, 3.05) is 10.0 Å². The number of hydrogen-bond donors (Lipinski definition) is 2. The second-order valence-electron chi connectivity index (χ2n) is 7.18. The molecule has 5 rings (SSSR count). The van der Waals surface area contributed by atoms with Crippen LogP contribution in [0.15, 0.2) is 95.9 Å². The van der Waals surface area contributed by atoms with Crippen molar-refractivity contribution in [1.82, 2.24) is 9.97 Å². The largest absolute Gasteiger partial charge is 0.337 e. The van der Waals surface area contributed by atoms with E-state index in [1.54, 1.807) is 0 Å². The lowest BCUT2D eigenvalue weighted by Gasteiger charge is -2.14. The molecule has 0 spiro atoms. The standard InChI is InChI=1S/C24H17N5O3S/c30-29(31)17-12-14-18(15-13-17)33(32)28-24-23(26-21-9-3-4-10-22(21)27-24)25-20-11-5-7-16-6-1-2-8-19(16)20/h1-15H,(H,25,26)(H,27,28). The fourth-order valence-corrected chi connectivity index (χ4v) is 4.28. The second kappa shape index (κ2) is 8.64. The molecule has 0 fully saturated rings. The molecule has 1 unspecified atom stereocenters. The van der Waals surface area contributed by atoms with Crippen molar-refractivity contribution in [2.24, 2.45) is 0 Å². The van der Waals surface area contributed by atoms with E-state index in [4.69, 9.17) is 4.98 Å². The third-order valence-corrected chi connectivity index (χ3v) is 6.14. The zero-order valence-corrected chi connectivity index (χ0v) is 18.0. The van der Waals surface area contributed by atoms with Gasteiger partial charge in [-0.15, -0.1) is 0 Å². The number of non-ortho nitro benzene ring substituents is 1. The highest BCUT2D eigenvalue weighted by Crippen LogP contribution is 2.30. The van der Waals surface area contributed by atoms with Gasteiger partial charge in [-0.1, -0.05) is 48.5 Å². The van der Waals surface area contributed by atoms with Crippen molar-refractivity contribution < 1.29 is 9.13 Å². The summed E-state index contributed by atoms with van der Waals surface area (Å²) in [6.07, 6.45) is 0. The number of nitro groups is 1. The van der Waals surface area contributed by atoms with Gasteiger partial charge in [-0.25, -0.2) is 14.2 Å². The number of benzene rings is 4. The Bertz CT molecular complexity index is 1520. The first-order chi connectivity index (χ1) is 16.1. The molecule has 0 radical (unpaired) electrons. The van der Waals surface area contributed by atoms with E-state index in [0.717, 1.165) is 16.5 Å². The lowest BCUT2D eigenvalue weighted by molar-refractivity contribution is -0.384. The molecular weight excluding hydrogens is 438 g/mol. The Morgan fingerprint density at radius 1 is 0.758 bits per heavy atom. The van der Waals surface area contributed by atoms with Gasteiger partial charge in [0, 0.05) is 23.2 Å². The molecule has 33 heavy (non-hydrogen) atoms. The molecule has 8 nitrogen and oxygen atoms in total. The van der Waals surface area contributed by atoms with Crippen LogP contribution in [-0.2, 0) is 11.0 Å². The monoisotopic (exact) mass is 455 g/mol. The first kappa shape index (κ1) is 20.5. The normalized spacial score (nSPS) is 11.9. The molecule has 0 aliphatic heterocycles. The summed E-state index contributed by atoms with van der Waals surface area (Å²) in [6.45, 7) is 0. The maximum absolute atomic E-state index is 13.0. The van der Waals surface area contributed by atoms with Crippen molar-refractivity contribution in [3.05, 3.63) is 101 Å². The topological polar surface area (TPSA) is 110 Å². The van der Waals surface area contributed by atoms with E-state index in [2.05, 4.69) is 15.0 Å². The number of nitrogens with one attached hydrogen (secondary N) is 2. The van der Waals surface area contributed by atoms with E-state index in [0.29, 0.717) is 27.6 Å². The van der Waals surface area contributed by atoms with E-state index in [1.807, 2.05) is 66.7 Å². The molecule has 0 saturated heterocycles. The predicted molar refractivity (Wildman–Crippen MR) is 130 cm³/mol. The van der Waals surface area contributed by atoms with Gasteiger partial charge < -0.3 is 5.32 Å². The quantitative estimate of drug-likeness (QED) is 0.256. The summed E-state index contributed by atoms with van der Waals surface area (Å²) in [6, 6.07) is 26.8. The number of rotatable bonds is 6. The minimum absolute atomic E-state index is 0.0699. The number of nitrogens with zero attached hydrogens (tertiary/aromatic N) is 3. The lowest BCUT2D eigenvalue weighted by Crippen LogP contribution is -2.10. The van der Waals surface area contributed by atoms with Crippen LogP contribution in [0.3, 0.4) is 0 Å². The summed E-state index contributed by atoms with van der Waals surface area (Å²) in [5, 5.41) is 16.3. The van der Waals surface area contributed by atoms with Crippen LogP contribution in [0.4, 0.5) is 23.0 Å². The molecule has 0 amide bonds. The molecule has 5 aromatic rings. The summed E-state index contributed by atoms with van der Waals surface area (Å²) in [5.41, 5.74) is 2.09. The Morgan fingerprint density at radius 3 is 2.12 bits per heavy atom. The van der Waals surface area contributed by atoms with Crippen molar-refractivity contribution in [3.8, 4) is 0 Å². The van der Waals surface area contributed by atoms with Crippen LogP contribution in [-0.4, -0.2) is 19.1 Å². The summed E-state index contributed by atoms with van der Waals surface area (Å²) in [7, 11) is -1.71. The highest BCUT2D eigenvalue weighted by Gasteiger charge is 2.15. The van der Waals surface area contributed by atoms with E-state index < -0.39 is 15.9 Å². The molecule has 1 aromatic heterocycles. The Hall–Kier alpha value is -4.37. The van der Waals surface area contributed by atoms with Crippen molar-refractivity contribution in [3.63, 3.8) is 0 Å². The number of aromatic nitrogens is 2.